The van der Waals surface area contributed by atoms with Gasteiger partial charge in [0.25, 0.3) is 0 Å². The fraction of sp³-hybridized carbons (Fsp3) is 0.483. The van der Waals surface area contributed by atoms with E-state index in [2.05, 4.69) is 65.8 Å². The van der Waals surface area contributed by atoms with Crippen molar-refractivity contribution in [3.8, 4) is 0 Å². The van der Waals surface area contributed by atoms with E-state index in [4.69, 9.17) is 9.98 Å². The summed E-state index contributed by atoms with van der Waals surface area (Å²) >= 11 is 0. The Morgan fingerprint density at radius 2 is 1.28 bits per heavy atom. The van der Waals surface area contributed by atoms with E-state index in [-0.39, 0.29) is 17.9 Å². The van der Waals surface area contributed by atoms with Crippen LogP contribution in [0.5, 0.6) is 0 Å². The molecule has 1 aliphatic rings. The molecule has 1 aromatic rings. The highest BCUT2D eigenvalue weighted by Gasteiger charge is 2.22. The van der Waals surface area contributed by atoms with E-state index in [9.17, 15) is 5.11 Å². The van der Waals surface area contributed by atoms with Crippen molar-refractivity contribution in [1.82, 2.24) is 0 Å². The molecule has 0 bridgehead atoms. The highest BCUT2D eigenvalue weighted by atomic mass is 16.3. The van der Waals surface area contributed by atoms with E-state index < -0.39 is 0 Å². The van der Waals surface area contributed by atoms with Crippen LogP contribution in [0.3, 0.4) is 0 Å². The Morgan fingerprint density at radius 3 is 1.75 bits per heavy atom. The molecule has 2 rings (SSSR count). The van der Waals surface area contributed by atoms with Gasteiger partial charge in [-0.3, -0.25) is 9.98 Å². The van der Waals surface area contributed by atoms with Crippen molar-refractivity contribution in [3.63, 3.8) is 0 Å². The number of allylic oxidation sites excluding steroid dienone is 4. The Hall–Kier alpha value is -2.26. The summed E-state index contributed by atoms with van der Waals surface area (Å²) in [5.74, 6) is 1.19. The van der Waals surface area contributed by atoms with Gasteiger partial charge in [-0.25, -0.2) is 0 Å². The van der Waals surface area contributed by atoms with Crippen LogP contribution in [0.25, 0.3) is 0 Å². The molecule has 0 saturated carbocycles. The van der Waals surface area contributed by atoms with E-state index >= 15 is 0 Å². The number of para-hydroxylation sites is 1. The zero-order chi connectivity index (χ0) is 24.2. The molecule has 0 aliphatic heterocycles. The zero-order valence-electron chi connectivity index (χ0n) is 21.6. The Morgan fingerprint density at radius 1 is 0.781 bits per heavy atom. The molecule has 0 heterocycles. The van der Waals surface area contributed by atoms with Gasteiger partial charge < -0.3 is 5.11 Å². The molecule has 0 N–H and O–H groups in total. The van der Waals surface area contributed by atoms with Gasteiger partial charge in [0.15, 0.2) is 0 Å². The van der Waals surface area contributed by atoms with Crippen LogP contribution in [0.2, 0.25) is 0 Å². The van der Waals surface area contributed by atoms with Crippen LogP contribution in [-0.2, 0) is 0 Å². The van der Waals surface area contributed by atoms with Crippen LogP contribution in [-0.4, -0.2) is 11.4 Å². The van der Waals surface area contributed by atoms with Crippen LogP contribution < -0.4 is 5.11 Å². The maximum absolute atomic E-state index is 13.1. The normalized spacial score (nSPS) is 17.8. The van der Waals surface area contributed by atoms with Crippen molar-refractivity contribution >= 4 is 17.1 Å². The number of benzene rings is 1. The predicted octanol–water partition coefficient (Wildman–Crippen LogP) is 7.44. The molecule has 0 spiro atoms. The quantitative estimate of drug-likeness (QED) is 0.413. The highest BCUT2D eigenvalue weighted by molar-refractivity contribution is 6.12. The lowest BCUT2D eigenvalue weighted by Crippen LogP contribution is -2.33. The molecule has 173 valence electrons. The Balaban J connectivity index is 2.49. The summed E-state index contributed by atoms with van der Waals surface area (Å²) < 4.78 is 0. The average molecular weight is 433 g/mol. The summed E-state index contributed by atoms with van der Waals surface area (Å²) in [6.07, 6.45) is 6.04. The first-order chi connectivity index (χ1) is 14.9. The molecule has 1 aromatic carbocycles. The zero-order valence-corrected chi connectivity index (χ0v) is 21.6. The lowest BCUT2D eigenvalue weighted by Gasteiger charge is -2.35. The molecular weight excluding hydrogens is 392 g/mol. The second-order valence-corrected chi connectivity index (χ2v) is 9.98. The van der Waals surface area contributed by atoms with Gasteiger partial charge in [0.05, 0.1) is 5.69 Å². The van der Waals surface area contributed by atoms with Crippen LogP contribution in [0.15, 0.2) is 63.3 Å². The highest BCUT2D eigenvalue weighted by Crippen LogP contribution is 2.35. The largest absolute Gasteiger partial charge is 0.842 e. The van der Waals surface area contributed by atoms with E-state index in [1.807, 2.05) is 39.8 Å². The first-order valence-corrected chi connectivity index (χ1v) is 11.9. The van der Waals surface area contributed by atoms with Gasteiger partial charge in [-0.1, -0.05) is 91.3 Å². The van der Waals surface area contributed by atoms with Crippen LogP contribution in [0.1, 0.15) is 92.2 Å². The van der Waals surface area contributed by atoms with Crippen LogP contribution in [0.4, 0.5) is 5.69 Å². The third-order valence-electron chi connectivity index (χ3n) is 5.77. The predicted molar refractivity (Wildman–Crippen MR) is 138 cm³/mol. The average Bonchev–Trinajstić information content (AvgIpc) is 2.68. The van der Waals surface area contributed by atoms with E-state index in [0.717, 1.165) is 28.2 Å². The van der Waals surface area contributed by atoms with Gasteiger partial charge >= 0.3 is 0 Å². The Bertz CT molecular complexity index is 943. The number of rotatable bonds is 7. The van der Waals surface area contributed by atoms with E-state index in [1.165, 1.54) is 11.1 Å². The third kappa shape index (κ3) is 6.16. The topological polar surface area (TPSA) is 47.8 Å². The van der Waals surface area contributed by atoms with Crippen molar-refractivity contribution in [2.45, 2.75) is 81.1 Å². The minimum atomic E-state index is 0.0424. The van der Waals surface area contributed by atoms with Gasteiger partial charge in [0.2, 0.25) is 0 Å². The maximum Gasteiger partial charge on any atom is 0.0701 e. The molecule has 0 atom stereocenters. The SMILES string of the molecule is CC(/C=C(\C)N=C1[C]([O-])C(C(C)C)=CC=C1C(C)C)=Nc1c(C(C)C)cccc1C(C)C. The lowest BCUT2D eigenvalue weighted by atomic mass is 9.83. The second-order valence-electron chi connectivity index (χ2n) is 9.98. The minimum Gasteiger partial charge on any atom is -0.842 e. The summed E-state index contributed by atoms with van der Waals surface area (Å²) in [6.45, 7) is 21.1. The molecule has 32 heavy (non-hydrogen) atoms. The molecule has 0 saturated heterocycles. The smallest absolute Gasteiger partial charge is 0.0701 e. The van der Waals surface area contributed by atoms with Gasteiger partial charge in [0.1, 0.15) is 0 Å². The molecule has 0 unspecified atom stereocenters. The molecule has 1 radical (unpaired) electrons. The minimum absolute atomic E-state index is 0.0424. The molecule has 0 aromatic heterocycles. The van der Waals surface area contributed by atoms with E-state index in [1.54, 1.807) is 0 Å². The van der Waals surface area contributed by atoms with Crippen LogP contribution in [0, 0.1) is 17.9 Å². The maximum atomic E-state index is 13.1. The molecule has 0 amide bonds. The second kappa shape index (κ2) is 11.0. The standard InChI is InChI=1S/C29H40N2O/c1-17(2)23-12-11-13-24(18(3)4)27(23)30-21(9)16-22(10)31-28-25(19(5)6)14-15-26(20(7)8)29(28)32/h11-20H,1-10H3/q-1/b22-16+,30-21?,31-28?. The number of hydrogen-bond donors (Lipinski definition) is 0. The molecule has 1 aliphatic carbocycles. The van der Waals surface area contributed by atoms with Crippen molar-refractivity contribution in [2.75, 3.05) is 0 Å². The number of nitrogens with zero attached hydrogens (tertiary/aromatic N) is 2. The summed E-state index contributed by atoms with van der Waals surface area (Å²) in [5, 5.41) is 13.1. The number of aliphatic imine (C=N–C) groups is 2. The number of hydrogen-bond acceptors (Lipinski definition) is 3. The third-order valence-corrected chi connectivity index (χ3v) is 5.77. The van der Waals surface area contributed by atoms with Gasteiger partial charge in [0, 0.05) is 17.1 Å². The molecule has 3 heteroatoms. The summed E-state index contributed by atoms with van der Waals surface area (Å²) in [4.78, 5) is 9.80. The lowest BCUT2D eigenvalue weighted by molar-refractivity contribution is -0.328. The van der Waals surface area contributed by atoms with Crippen molar-refractivity contribution < 1.29 is 5.11 Å². The van der Waals surface area contributed by atoms with Crippen molar-refractivity contribution in [2.24, 2.45) is 21.8 Å². The summed E-state index contributed by atoms with van der Waals surface area (Å²) in [5.41, 5.74) is 7.64. The van der Waals surface area contributed by atoms with Gasteiger partial charge in [-0.15, -0.1) is 0 Å². The fourth-order valence-corrected chi connectivity index (χ4v) is 4.00. The monoisotopic (exact) mass is 432 g/mol. The molecular formula is C29H40N2O-. The molecule has 3 nitrogen and oxygen atoms in total. The Labute approximate surface area is 195 Å². The van der Waals surface area contributed by atoms with Gasteiger partial charge in [-0.2, -0.15) is 0 Å². The first kappa shape index (κ1) is 26.0. The summed E-state index contributed by atoms with van der Waals surface area (Å²) in [6, 6.07) is 6.46. The fourth-order valence-electron chi connectivity index (χ4n) is 4.00. The van der Waals surface area contributed by atoms with E-state index in [0.29, 0.717) is 17.5 Å². The summed E-state index contributed by atoms with van der Waals surface area (Å²) in [7, 11) is 0. The van der Waals surface area contributed by atoms with Crippen molar-refractivity contribution in [1.29, 1.82) is 0 Å². The van der Waals surface area contributed by atoms with Crippen molar-refractivity contribution in [3.05, 3.63) is 70.5 Å². The van der Waals surface area contributed by atoms with Crippen LogP contribution >= 0.6 is 0 Å². The van der Waals surface area contributed by atoms with Gasteiger partial charge in [-0.05, 0) is 66.4 Å². The first-order valence-electron chi connectivity index (χ1n) is 11.9. The molecule has 0 fully saturated rings. The Kier molecular flexibility index (Phi) is 8.98.